The van der Waals surface area contributed by atoms with Gasteiger partial charge in [0.05, 0.1) is 10.7 Å². The van der Waals surface area contributed by atoms with E-state index in [1.165, 1.54) is 5.56 Å². The van der Waals surface area contributed by atoms with Crippen molar-refractivity contribution in [2.24, 2.45) is 5.73 Å². The SMILES string of the molecule is CC(N)c1ccc(N(C)CCc2ccccc2)c(Cl)c1. The Morgan fingerprint density at radius 2 is 1.85 bits per heavy atom. The Kier molecular flexibility index (Phi) is 5.05. The van der Waals surface area contributed by atoms with Crippen LogP contribution in [0.3, 0.4) is 0 Å². The first-order valence-corrected chi connectivity index (χ1v) is 7.26. The number of hydrogen-bond donors (Lipinski definition) is 1. The van der Waals surface area contributed by atoms with E-state index in [9.17, 15) is 0 Å². The Morgan fingerprint density at radius 1 is 1.15 bits per heavy atom. The van der Waals surface area contributed by atoms with E-state index >= 15 is 0 Å². The van der Waals surface area contributed by atoms with Crippen molar-refractivity contribution in [3.05, 3.63) is 64.7 Å². The molecule has 0 fully saturated rings. The van der Waals surface area contributed by atoms with Crippen LogP contribution in [-0.2, 0) is 6.42 Å². The van der Waals surface area contributed by atoms with Crippen LogP contribution in [0.25, 0.3) is 0 Å². The minimum atomic E-state index is 0.0103. The van der Waals surface area contributed by atoms with Crippen molar-refractivity contribution in [3.63, 3.8) is 0 Å². The van der Waals surface area contributed by atoms with Gasteiger partial charge in [0, 0.05) is 19.6 Å². The zero-order valence-electron chi connectivity index (χ0n) is 12.0. The number of likely N-dealkylation sites (N-methyl/N-ethyl adjacent to an activating group) is 1. The van der Waals surface area contributed by atoms with Crippen LogP contribution in [0.5, 0.6) is 0 Å². The lowest BCUT2D eigenvalue weighted by Gasteiger charge is -2.21. The van der Waals surface area contributed by atoms with Crippen molar-refractivity contribution in [2.75, 3.05) is 18.5 Å². The highest BCUT2D eigenvalue weighted by atomic mass is 35.5. The molecule has 106 valence electrons. The normalized spacial score (nSPS) is 12.2. The molecule has 0 aliphatic heterocycles. The van der Waals surface area contributed by atoms with Crippen molar-refractivity contribution < 1.29 is 0 Å². The number of benzene rings is 2. The molecule has 0 aliphatic carbocycles. The van der Waals surface area contributed by atoms with Gasteiger partial charge in [0.1, 0.15) is 0 Å². The number of halogens is 1. The van der Waals surface area contributed by atoms with Crippen molar-refractivity contribution in [3.8, 4) is 0 Å². The van der Waals surface area contributed by atoms with Gasteiger partial charge >= 0.3 is 0 Å². The summed E-state index contributed by atoms with van der Waals surface area (Å²) in [7, 11) is 2.07. The first kappa shape index (κ1) is 14.9. The molecule has 0 radical (unpaired) electrons. The lowest BCUT2D eigenvalue weighted by atomic mass is 10.1. The molecule has 0 aromatic heterocycles. The molecule has 2 N–H and O–H groups in total. The molecular formula is C17H21ClN2. The van der Waals surface area contributed by atoms with Gasteiger partial charge in [-0.25, -0.2) is 0 Å². The fourth-order valence-electron chi connectivity index (χ4n) is 2.18. The Balaban J connectivity index is 2.04. The van der Waals surface area contributed by atoms with Gasteiger partial charge in [-0.15, -0.1) is 0 Å². The maximum Gasteiger partial charge on any atom is 0.0642 e. The van der Waals surface area contributed by atoms with Gasteiger partial charge in [-0.3, -0.25) is 0 Å². The zero-order chi connectivity index (χ0) is 14.5. The van der Waals surface area contributed by atoms with E-state index in [1.54, 1.807) is 0 Å². The summed E-state index contributed by atoms with van der Waals surface area (Å²) in [6.07, 6.45) is 1.00. The van der Waals surface area contributed by atoms with E-state index in [2.05, 4.69) is 36.2 Å². The summed E-state index contributed by atoms with van der Waals surface area (Å²) < 4.78 is 0. The predicted octanol–water partition coefficient (Wildman–Crippen LogP) is 4.04. The molecule has 20 heavy (non-hydrogen) atoms. The van der Waals surface area contributed by atoms with Crippen LogP contribution in [0.15, 0.2) is 48.5 Å². The minimum Gasteiger partial charge on any atom is -0.373 e. The Morgan fingerprint density at radius 3 is 2.45 bits per heavy atom. The van der Waals surface area contributed by atoms with Gasteiger partial charge in [0.25, 0.3) is 0 Å². The van der Waals surface area contributed by atoms with Gasteiger partial charge < -0.3 is 10.6 Å². The van der Waals surface area contributed by atoms with Crippen molar-refractivity contribution >= 4 is 17.3 Å². The minimum absolute atomic E-state index is 0.0103. The molecule has 3 heteroatoms. The summed E-state index contributed by atoms with van der Waals surface area (Å²) in [4.78, 5) is 2.18. The Labute approximate surface area is 126 Å². The van der Waals surface area contributed by atoms with Crippen molar-refractivity contribution in [1.29, 1.82) is 0 Å². The molecule has 0 amide bonds. The summed E-state index contributed by atoms with van der Waals surface area (Å²) >= 11 is 6.35. The topological polar surface area (TPSA) is 29.3 Å². The summed E-state index contributed by atoms with van der Waals surface area (Å²) in [6, 6.07) is 16.5. The molecule has 0 bridgehead atoms. The number of nitrogens with two attached hydrogens (primary N) is 1. The van der Waals surface area contributed by atoms with E-state index in [1.807, 2.05) is 31.2 Å². The van der Waals surface area contributed by atoms with Gasteiger partial charge in [0.2, 0.25) is 0 Å². The van der Waals surface area contributed by atoms with Crippen LogP contribution in [0.4, 0.5) is 5.69 Å². The molecule has 0 aliphatic rings. The first-order valence-electron chi connectivity index (χ1n) is 6.88. The second kappa shape index (κ2) is 6.78. The third-order valence-corrected chi connectivity index (χ3v) is 3.79. The summed E-state index contributed by atoms with van der Waals surface area (Å²) in [5.74, 6) is 0. The number of rotatable bonds is 5. The number of anilines is 1. The molecule has 2 aromatic rings. The van der Waals surface area contributed by atoms with Crippen LogP contribution in [0, 0.1) is 0 Å². The summed E-state index contributed by atoms with van der Waals surface area (Å²) in [5.41, 5.74) is 9.32. The summed E-state index contributed by atoms with van der Waals surface area (Å²) in [6.45, 7) is 2.89. The third kappa shape index (κ3) is 3.75. The molecule has 2 nitrogen and oxygen atoms in total. The number of nitrogens with zero attached hydrogens (tertiary/aromatic N) is 1. The first-order chi connectivity index (χ1) is 9.58. The average Bonchev–Trinajstić information content (AvgIpc) is 2.45. The zero-order valence-corrected chi connectivity index (χ0v) is 12.8. The van der Waals surface area contributed by atoms with Crippen LogP contribution in [-0.4, -0.2) is 13.6 Å². The maximum absolute atomic E-state index is 6.35. The van der Waals surface area contributed by atoms with Gasteiger partial charge in [-0.05, 0) is 36.6 Å². The van der Waals surface area contributed by atoms with Crippen molar-refractivity contribution in [1.82, 2.24) is 0 Å². The molecule has 2 aromatic carbocycles. The molecule has 0 spiro atoms. The largest absolute Gasteiger partial charge is 0.373 e. The van der Waals surface area contributed by atoms with Crippen LogP contribution in [0.1, 0.15) is 24.1 Å². The Hall–Kier alpha value is -1.51. The van der Waals surface area contributed by atoms with E-state index in [4.69, 9.17) is 17.3 Å². The lowest BCUT2D eigenvalue weighted by Crippen LogP contribution is -2.20. The van der Waals surface area contributed by atoms with Crippen LogP contribution < -0.4 is 10.6 Å². The molecule has 1 atom stereocenters. The smallest absolute Gasteiger partial charge is 0.0642 e. The molecular weight excluding hydrogens is 268 g/mol. The maximum atomic E-state index is 6.35. The Bertz CT molecular complexity index is 552. The highest BCUT2D eigenvalue weighted by Crippen LogP contribution is 2.27. The second-order valence-electron chi connectivity index (χ2n) is 5.16. The fraction of sp³-hybridized carbons (Fsp3) is 0.294. The monoisotopic (exact) mass is 288 g/mol. The van der Waals surface area contributed by atoms with E-state index in [0.717, 1.165) is 29.2 Å². The van der Waals surface area contributed by atoms with Crippen LogP contribution in [0.2, 0.25) is 5.02 Å². The third-order valence-electron chi connectivity index (χ3n) is 3.49. The van der Waals surface area contributed by atoms with E-state index in [0.29, 0.717) is 0 Å². The molecule has 0 heterocycles. The van der Waals surface area contributed by atoms with Gasteiger partial charge in [-0.2, -0.15) is 0 Å². The number of hydrogen-bond acceptors (Lipinski definition) is 2. The van der Waals surface area contributed by atoms with Crippen molar-refractivity contribution in [2.45, 2.75) is 19.4 Å². The second-order valence-corrected chi connectivity index (χ2v) is 5.56. The van der Waals surface area contributed by atoms with Gasteiger partial charge in [0.15, 0.2) is 0 Å². The lowest BCUT2D eigenvalue weighted by molar-refractivity contribution is 0.816. The van der Waals surface area contributed by atoms with Crippen LogP contribution >= 0.6 is 11.6 Å². The molecule has 0 saturated heterocycles. The quantitative estimate of drug-likeness (QED) is 0.900. The molecule has 2 rings (SSSR count). The fourth-order valence-corrected chi connectivity index (χ4v) is 2.51. The average molecular weight is 289 g/mol. The highest BCUT2D eigenvalue weighted by Gasteiger charge is 2.08. The van der Waals surface area contributed by atoms with Gasteiger partial charge in [-0.1, -0.05) is 48.0 Å². The van der Waals surface area contributed by atoms with E-state index < -0.39 is 0 Å². The highest BCUT2D eigenvalue weighted by molar-refractivity contribution is 6.33. The predicted molar refractivity (Wildman–Crippen MR) is 87.5 cm³/mol. The van der Waals surface area contributed by atoms with E-state index in [-0.39, 0.29) is 6.04 Å². The molecule has 0 saturated carbocycles. The standard InChI is InChI=1S/C17H21ClN2/c1-13(19)15-8-9-17(16(18)12-15)20(2)11-10-14-6-4-3-5-7-14/h3-9,12-13H,10-11,19H2,1-2H3. The molecule has 1 unspecified atom stereocenters. The summed E-state index contributed by atoms with van der Waals surface area (Å²) in [5, 5.41) is 0.760.